The highest BCUT2D eigenvalue weighted by atomic mass is 32.2. The van der Waals surface area contributed by atoms with Crippen molar-refractivity contribution in [2.24, 2.45) is 4.99 Å². The molecule has 1 amide bonds. The van der Waals surface area contributed by atoms with Crippen LogP contribution >= 0.6 is 11.8 Å². The molecule has 0 aliphatic carbocycles. The molecule has 0 saturated carbocycles. The van der Waals surface area contributed by atoms with Gasteiger partial charge < -0.3 is 14.6 Å². The molecule has 0 bridgehead atoms. The minimum atomic E-state index is -0.173. The topological polar surface area (TPSA) is 71.4 Å². The summed E-state index contributed by atoms with van der Waals surface area (Å²) in [4.78, 5) is 19.3. The number of ether oxygens (including phenoxy) is 2. The number of aliphatic hydroxyl groups excluding tert-OH is 1. The quantitative estimate of drug-likeness (QED) is 0.618. The van der Waals surface area contributed by atoms with Crippen LogP contribution in [0.3, 0.4) is 0 Å². The van der Waals surface area contributed by atoms with Crippen LogP contribution < -0.4 is 14.4 Å². The molecule has 6 nitrogen and oxygen atoms in total. The van der Waals surface area contributed by atoms with Crippen LogP contribution in [0.5, 0.6) is 11.5 Å². The van der Waals surface area contributed by atoms with Crippen LogP contribution in [0.4, 0.5) is 5.69 Å². The lowest BCUT2D eigenvalue weighted by Gasteiger charge is -2.17. The third-order valence-electron chi connectivity index (χ3n) is 4.36. The SMILES string of the molecule is Cc1ccc(N2C(=O)/C(=C/c3ccc4c(c3)OCO4)N=C2SCCCO)cc1. The second-order valence-electron chi connectivity index (χ2n) is 6.44. The average Bonchev–Trinajstić information content (AvgIpc) is 3.28. The third kappa shape index (κ3) is 3.76. The number of amidine groups is 1. The predicted molar refractivity (Wildman–Crippen MR) is 111 cm³/mol. The Balaban J connectivity index is 1.65. The van der Waals surface area contributed by atoms with E-state index in [0.29, 0.717) is 34.5 Å². The van der Waals surface area contributed by atoms with E-state index in [2.05, 4.69) is 4.99 Å². The number of carbonyl (C=O) groups excluding carboxylic acids is 1. The van der Waals surface area contributed by atoms with Crippen molar-refractivity contribution in [2.45, 2.75) is 13.3 Å². The zero-order valence-electron chi connectivity index (χ0n) is 15.4. The molecule has 0 aromatic heterocycles. The van der Waals surface area contributed by atoms with Crippen molar-refractivity contribution in [3.63, 3.8) is 0 Å². The molecule has 2 aliphatic heterocycles. The molecule has 144 valence electrons. The number of carbonyl (C=O) groups is 1. The van der Waals surface area contributed by atoms with E-state index in [1.807, 2.05) is 49.4 Å². The highest BCUT2D eigenvalue weighted by molar-refractivity contribution is 8.14. The maximum atomic E-state index is 13.1. The number of benzene rings is 2. The van der Waals surface area contributed by atoms with Gasteiger partial charge in [0.15, 0.2) is 16.7 Å². The van der Waals surface area contributed by atoms with Crippen molar-refractivity contribution < 1.29 is 19.4 Å². The maximum absolute atomic E-state index is 13.1. The van der Waals surface area contributed by atoms with Crippen molar-refractivity contribution in [1.29, 1.82) is 0 Å². The van der Waals surface area contributed by atoms with Gasteiger partial charge in [0.25, 0.3) is 5.91 Å². The van der Waals surface area contributed by atoms with Gasteiger partial charge in [-0.3, -0.25) is 9.69 Å². The molecule has 2 heterocycles. The summed E-state index contributed by atoms with van der Waals surface area (Å²) in [6.07, 6.45) is 2.39. The lowest BCUT2D eigenvalue weighted by molar-refractivity contribution is -0.113. The number of thioether (sulfide) groups is 1. The summed E-state index contributed by atoms with van der Waals surface area (Å²) in [5.41, 5.74) is 3.09. The Kier molecular flexibility index (Phi) is 5.36. The first-order chi connectivity index (χ1) is 13.7. The number of rotatable bonds is 5. The van der Waals surface area contributed by atoms with Gasteiger partial charge in [0, 0.05) is 12.4 Å². The summed E-state index contributed by atoms with van der Waals surface area (Å²) < 4.78 is 10.7. The Bertz CT molecular complexity index is 953. The normalized spacial score (nSPS) is 16.8. The van der Waals surface area contributed by atoms with Crippen LogP contribution in [0.15, 0.2) is 53.2 Å². The van der Waals surface area contributed by atoms with E-state index in [0.717, 1.165) is 16.8 Å². The molecule has 0 saturated heterocycles. The molecule has 0 spiro atoms. The third-order valence-corrected chi connectivity index (χ3v) is 5.38. The fourth-order valence-electron chi connectivity index (χ4n) is 2.90. The summed E-state index contributed by atoms with van der Waals surface area (Å²) in [5.74, 6) is 1.87. The van der Waals surface area contributed by atoms with E-state index in [1.54, 1.807) is 11.0 Å². The van der Waals surface area contributed by atoms with Crippen LogP contribution in [-0.4, -0.2) is 35.3 Å². The number of aryl methyl sites for hydroxylation is 1. The lowest BCUT2D eigenvalue weighted by Crippen LogP contribution is -2.30. The van der Waals surface area contributed by atoms with E-state index in [9.17, 15) is 4.79 Å². The van der Waals surface area contributed by atoms with Gasteiger partial charge in [-0.25, -0.2) is 4.99 Å². The Labute approximate surface area is 167 Å². The minimum Gasteiger partial charge on any atom is -0.454 e. The lowest BCUT2D eigenvalue weighted by atomic mass is 10.1. The van der Waals surface area contributed by atoms with E-state index < -0.39 is 0 Å². The Morgan fingerprint density at radius 2 is 1.96 bits per heavy atom. The van der Waals surface area contributed by atoms with E-state index in [-0.39, 0.29) is 19.3 Å². The zero-order chi connectivity index (χ0) is 19.5. The van der Waals surface area contributed by atoms with Crippen molar-refractivity contribution in [3.05, 3.63) is 59.3 Å². The number of anilines is 1. The molecule has 0 radical (unpaired) electrons. The van der Waals surface area contributed by atoms with Gasteiger partial charge >= 0.3 is 0 Å². The highest BCUT2D eigenvalue weighted by Crippen LogP contribution is 2.34. The highest BCUT2D eigenvalue weighted by Gasteiger charge is 2.31. The van der Waals surface area contributed by atoms with Crippen molar-refractivity contribution in [3.8, 4) is 11.5 Å². The number of aliphatic hydroxyl groups is 1. The van der Waals surface area contributed by atoms with Gasteiger partial charge in [-0.1, -0.05) is 35.5 Å². The number of nitrogens with zero attached hydrogens (tertiary/aromatic N) is 2. The number of amides is 1. The summed E-state index contributed by atoms with van der Waals surface area (Å²) >= 11 is 1.46. The first-order valence-electron chi connectivity index (χ1n) is 9.00. The second kappa shape index (κ2) is 8.08. The number of aliphatic imine (C=N–C) groups is 1. The van der Waals surface area contributed by atoms with Gasteiger partial charge in [0.05, 0.1) is 5.69 Å². The standard InChI is InChI=1S/C21H20N2O4S/c1-14-3-6-16(7-4-14)23-20(25)17(22-21(23)28-10-2-9-24)11-15-5-8-18-19(12-15)27-13-26-18/h3-8,11-12,24H,2,9-10,13H2,1H3/b17-11-. The number of hydrogen-bond donors (Lipinski definition) is 1. The average molecular weight is 396 g/mol. The summed E-state index contributed by atoms with van der Waals surface area (Å²) in [6, 6.07) is 13.3. The first kappa shape index (κ1) is 18.6. The molecule has 0 atom stereocenters. The van der Waals surface area contributed by atoms with Crippen molar-refractivity contribution >= 4 is 34.6 Å². The molecule has 7 heteroatoms. The molecule has 0 fully saturated rings. The smallest absolute Gasteiger partial charge is 0.283 e. The Morgan fingerprint density at radius 1 is 1.18 bits per heavy atom. The molecule has 2 aromatic rings. The largest absolute Gasteiger partial charge is 0.454 e. The van der Waals surface area contributed by atoms with E-state index >= 15 is 0 Å². The van der Waals surface area contributed by atoms with Gasteiger partial charge in [-0.05, 0) is 49.2 Å². The monoisotopic (exact) mass is 396 g/mol. The zero-order valence-corrected chi connectivity index (χ0v) is 16.2. The Morgan fingerprint density at radius 3 is 2.75 bits per heavy atom. The molecule has 1 N–H and O–H groups in total. The van der Waals surface area contributed by atoms with Gasteiger partial charge in [0.2, 0.25) is 6.79 Å². The van der Waals surface area contributed by atoms with Gasteiger partial charge in [-0.2, -0.15) is 0 Å². The van der Waals surface area contributed by atoms with Gasteiger partial charge in [0.1, 0.15) is 5.70 Å². The fourth-order valence-corrected chi connectivity index (χ4v) is 3.84. The Hall–Kier alpha value is -2.77. The van der Waals surface area contributed by atoms with Crippen LogP contribution in [-0.2, 0) is 4.79 Å². The number of hydrogen-bond acceptors (Lipinski definition) is 6. The molecule has 2 aromatic carbocycles. The van der Waals surface area contributed by atoms with E-state index in [4.69, 9.17) is 14.6 Å². The number of fused-ring (bicyclic) bond motifs is 1. The first-order valence-corrected chi connectivity index (χ1v) is 9.99. The molecule has 2 aliphatic rings. The van der Waals surface area contributed by atoms with Crippen molar-refractivity contribution in [1.82, 2.24) is 0 Å². The molecular weight excluding hydrogens is 376 g/mol. The molecular formula is C21H20N2O4S. The summed E-state index contributed by atoms with van der Waals surface area (Å²) in [6.45, 7) is 2.32. The maximum Gasteiger partial charge on any atom is 0.283 e. The van der Waals surface area contributed by atoms with Crippen LogP contribution in [0.25, 0.3) is 6.08 Å². The molecule has 4 rings (SSSR count). The summed E-state index contributed by atoms with van der Waals surface area (Å²) in [5, 5.41) is 9.68. The van der Waals surface area contributed by atoms with Crippen LogP contribution in [0.2, 0.25) is 0 Å². The molecule has 28 heavy (non-hydrogen) atoms. The molecule has 0 unspecified atom stereocenters. The second-order valence-corrected chi connectivity index (χ2v) is 7.50. The van der Waals surface area contributed by atoms with Gasteiger partial charge in [-0.15, -0.1) is 0 Å². The summed E-state index contributed by atoms with van der Waals surface area (Å²) in [7, 11) is 0. The van der Waals surface area contributed by atoms with Crippen molar-refractivity contribution in [2.75, 3.05) is 24.1 Å². The van der Waals surface area contributed by atoms with Crippen LogP contribution in [0, 0.1) is 6.92 Å². The predicted octanol–water partition coefficient (Wildman–Crippen LogP) is 3.58. The van der Waals surface area contributed by atoms with Crippen LogP contribution in [0.1, 0.15) is 17.5 Å². The fraction of sp³-hybridized carbons (Fsp3) is 0.238. The minimum absolute atomic E-state index is 0.110. The van der Waals surface area contributed by atoms with E-state index in [1.165, 1.54) is 11.8 Å².